The first kappa shape index (κ1) is 16.9. The molecule has 0 N–H and O–H groups in total. The maximum atomic E-state index is 12.8. The molecule has 0 spiro atoms. The van der Waals surface area contributed by atoms with E-state index < -0.39 is 0 Å². The number of rotatable bonds is 3. The quantitative estimate of drug-likeness (QED) is 0.831. The fourth-order valence-corrected chi connectivity index (χ4v) is 4.30. The van der Waals surface area contributed by atoms with Gasteiger partial charge in [0.15, 0.2) is 5.88 Å². The van der Waals surface area contributed by atoms with Crippen LogP contribution in [0.25, 0.3) is 5.52 Å². The lowest BCUT2D eigenvalue weighted by Gasteiger charge is -2.41. The zero-order chi connectivity index (χ0) is 18.2. The number of likely N-dealkylation sites (tertiary alicyclic amines) is 1. The molecule has 0 atom stereocenters. The van der Waals surface area contributed by atoms with Gasteiger partial charge in [0.25, 0.3) is 0 Å². The van der Waals surface area contributed by atoms with Gasteiger partial charge in [-0.3, -0.25) is 9.30 Å². The van der Waals surface area contributed by atoms with Crippen molar-refractivity contribution in [3.05, 3.63) is 30.7 Å². The molecule has 0 unspecified atom stereocenters. The Morgan fingerprint density at radius 3 is 2.74 bits per heavy atom. The van der Waals surface area contributed by atoms with Gasteiger partial charge in [-0.15, -0.1) is 0 Å². The van der Waals surface area contributed by atoms with Crippen LogP contribution >= 0.6 is 0 Å². The molecule has 1 aliphatic carbocycles. The fraction of sp³-hybridized carbons (Fsp3) is 0.600. The second kappa shape index (κ2) is 7.03. The van der Waals surface area contributed by atoms with Gasteiger partial charge in [0.2, 0.25) is 0 Å². The number of ether oxygens (including phenoxy) is 1. The predicted octanol–water partition coefficient (Wildman–Crippen LogP) is 2.08. The number of hydrogen-bond donors (Lipinski definition) is 0. The van der Waals surface area contributed by atoms with Crippen LogP contribution in [0.1, 0.15) is 25.7 Å². The highest BCUT2D eigenvalue weighted by Gasteiger charge is 2.36. The van der Waals surface area contributed by atoms with Crippen molar-refractivity contribution in [1.29, 1.82) is 0 Å². The lowest BCUT2D eigenvalue weighted by molar-refractivity contribution is 0.0276. The van der Waals surface area contributed by atoms with Gasteiger partial charge in [-0.1, -0.05) is 12.5 Å². The summed E-state index contributed by atoms with van der Waals surface area (Å²) in [6, 6.07) is 6.86. The number of imidazole rings is 1. The van der Waals surface area contributed by atoms with Gasteiger partial charge in [0.1, 0.15) is 12.4 Å². The molecule has 7 heteroatoms. The molecule has 0 aromatic carbocycles. The Labute approximate surface area is 159 Å². The minimum absolute atomic E-state index is 0.0559. The van der Waals surface area contributed by atoms with Crippen molar-refractivity contribution >= 4 is 11.5 Å². The van der Waals surface area contributed by atoms with Crippen LogP contribution in [0.15, 0.2) is 30.7 Å². The van der Waals surface area contributed by atoms with E-state index >= 15 is 0 Å². The number of carbonyl (C=O) groups excluding carboxylic acids is 1. The van der Waals surface area contributed by atoms with E-state index in [1.807, 2.05) is 38.6 Å². The third kappa shape index (κ3) is 3.25. The van der Waals surface area contributed by atoms with E-state index in [4.69, 9.17) is 4.74 Å². The van der Waals surface area contributed by atoms with E-state index in [0.717, 1.165) is 50.0 Å². The SMILES string of the molecule is O=C(N1CCCN(C2CCC2)CC1)N1CC(Oc2cccc3cncn23)C1. The topological polar surface area (TPSA) is 53.3 Å². The van der Waals surface area contributed by atoms with Crippen LogP contribution in [0.4, 0.5) is 4.79 Å². The third-order valence-corrected chi connectivity index (χ3v) is 6.21. The Morgan fingerprint density at radius 1 is 1.04 bits per heavy atom. The first-order chi connectivity index (χ1) is 13.3. The minimum Gasteiger partial charge on any atom is -0.471 e. The fourth-order valence-electron chi connectivity index (χ4n) is 4.30. The summed E-state index contributed by atoms with van der Waals surface area (Å²) >= 11 is 0. The predicted molar refractivity (Wildman–Crippen MR) is 102 cm³/mol. The van der Waals surface area contributed by atoms with Crippen molar-refractivity contribution in [2.24, 2.45) is 0 Å². The van der Waals surface area contributed by atoms with Crippen LogP contribution in [0.3, 0.4) is 0 Å². The number of pyridine rings is 1. The number of nitrogens with zero attached hydrogens (tertiary/aromatic N) is 5. The van der Waals surface area contributed by atoms with Gasteiger partial charge >= 0.3 is 6.03 Å². The molecule has 5 rings (SSSR count). The Balaban J connectivity index is 1.14. The van der Waals surface area contributed by atoms with Gasteiger partial charge < -0.3 is 14.5 Å². The van der Waals surface area contributed by atoms with E-state index in [-0.39, 0.29) is 12.1 Å². The summed E-state index contributed by atoms with van der Waals surface area (Å²) in [5, 5.41) is 0. The van der Waals surface area contributed by atoms with Crippen LogP contribution in [-0.2, 0) is 0 Å². The molecular weight excluding hydrogens is 342 g/mol. The summed E-state index contributed by atoms with van der Waals surface area (Å²) in [5.41, 5.74) is 1.01. The average molecular weight is 369 g/mol. The Hall–Kier alpha value is -2.28. The molecule has 2 aliphatic heterocycles. The van der Waals surface area contributed by atoms with Crippen molar-refractivity contribution in [2.75, 3.05) is 39.3 Å². The Morgan fingerprint density at radius 2 is 1.93 bits per heavy atom. The van der Waals surface area contributed by atoms with Crippen molar-refractivity contribution < 1.29 is 9.53 Å². The van der Waals surface area contributed by atoms with E-state index in [1.165, 1.54) is 19.3 Å². The van der Waals surface area contributed by atoms with Crippen molar-refractivity contribution in [2.45, 2.75) is 37.8 Å². The number of carbonyl (C=O) groups is 1. The summed E-state index contributed by atoms with van der Waals surface area (Å²) in [6.07, 6.45) is 8.75. The van der Waals surface area contributed by atoms with Gasteiger partial charge in [-0.05, 0) is 31.4 Å². The normalized spacial score (nSPS) is 22.4. The Kier molecular flexibility index (Phi) is 4.39. The molecular formula is C20H27N5O2. The Bertz CT molecular complexity index is 812. The second-order valence-electron chi connectivity index (χ2n) is 7.94. The second-order valence-corrected chi connectivity index (χ2v) is 7.94. The van der Waals surface area contributed by atoms with Gasteiger partial charge in [-0.25, -0.2) is 9.78 Å². The van der Waals surface area contributed by atoms with E-state index in [2.05, 4.69) is 9.88 Å². The molecule has 4 heterocycles. The van der Waals surface area contributed by atoms with Gasteiger partial charge in [0.05, 0.1) is 24.8 Å². The third-order valence-electron chi connectivity index (χ3n) is 6.21. The molecule has 2 aromatic heterocycles. The molecule has 3 aliphatic rings. The smallest absolute Gasteiger partial charge is 0.320 e. The van der Waals surface area contributed by atoms with Crippen molar-refractivity contribution in [3.63, 3.8) is 0 Å². The van der Waals surface area contributed by atoms with Crippen LogP contribution in [-0.4, -0.2) is 81.5 Å². The molecule has 1 saturated carbocycles. The number of urea groups is 1. The first-order valence-corrected chi connectivity index (χ1v) is 10.1. The van der Waals surface area contributed by atoms with Crippen LogP contribution in [0.5, 0.6) is 5.88 Å². The highest BCUT2D eigenvalue weighted by atomic mass is 16.5. The molecule has 3 fully saturated rings. The van der Waals surface area contributed by atoms with Gasteiger partial charge in [0, 0.05) is 32.2 Å². The maximum absolute atomic E-state index is 12.8. The molecule has 0 radical (unpaired) electrons. The number of amides is 2. The lowest BCUT2D eigenvalue weighted by atomic mass is 9.91. The number of hydrogen-bond acceptors (Lipinski definition) is 4. The summed E-state index contributed by atoms with van der Waals surface area (Å²) < 4.78 is 8.03. The number of fused-ring (bicyclic) bond motifs is 1. The van der Waals surface area contributed by atoms with Crippen LogP contribution in [0, 0.1) is 0 Å². The van der Waals surface area contributed by atoms with E-state index in [9.17, 15) is 4.79 Å². The minimum atomic E-state index is 0.0559. The van der Waals surface area contributed by atoms with E-state index in [0.29, 0.717) is 13.1 Å². The zero-order valence-corrected chi connectivity index (χ0v) is 15.7. The van der Waals surface area contributed by atoms with Crippen LogP contribution < -0.4 is 4.74 Å². The van der Waals surface area contributed by atoms with Gasteiger partial charge in [-0.2, -0.15) is 0 Å². The van der Waals surface area contributed by atoms with E-state index in [1.54, 1.807) is 6.33 Å². The number of aromatic nitrogens is 2. The van der Waals surface area contributed by atoms with Crippen molar-refractivity contribution in [3.8, 4) is 5.88 Å². The monoisotopic (exact) mass is 369 g/mol. The standard InChI is InChI=1S/C20H27N5O2/c26-20(23-9-3-8-22(10-11-23)16-4-1-5-16)24-13-18(14-24)27-19-7-2-6-17-12-21-15-25(17)19/h2,6-7,12,15-16,18H,1,3-5,8-11,13-14H2. The molecule has 7 nitrogen and oxygen atoms in total. The highest BCUT2D eigenvalue weighted by Crippen LogP contribution is 2.26. The maximum Gasteiger partial charge on any atom is 0.320 e. The molecule has 0 bridgehead atoms. The summed E-state index contributed by atoms with van der Waals surface area (Å²) in [7, 11) is 0. The lowest BCUT2D eigenvalue weighted by Crippen LogP contribution is -2.60. The van der Waals surface area contributed by atoms with Crippen LogP contribution in [0.2, 0.25) is 0 Å². The molecule has 144 valence electrons. The summed E-state index contributed by atoms with van der Waals surface area (Å²) in [4.78, 5) is 23.5. The van der Waals surface area contributed by atoms with Crippen molar-refractivity contribution in [1.82, 2.24) is 24.1 Å². The summed E-state index contributed by atoms with van der Waals surface area (Å²) in [5.74, 6) is 0.785. The largest absolute Gasteiger partial charge is 0.471 e. The molecule has 2 aromatic rings. The average Bonchev–Trinajstić information content (AvgIpc) is 2.95. The molecule has 27 heavy (non-hydrogen) atoms. The highest BCUT2D eigenvalue weighted by molar-refractivity contribution is 5.75. The zero-order valence-electron chi connectivity index (χ0n) is 15.7. The molecule has 2 amide bonds. The summed E-state index contributed by atoms with van der Waals surface area (Å²) in [6.45, 7) is 5.20. The molecule has 2 saturated heterocycles. The first-order valence-electron chi connectivity index (χ1n) is 10.1.